The lowest BCUT2D eigenvalue weighted by Crippen LogP contribution is -2.36. The fourth-order valence-electron chi connectivity index (χ4n) is 4.38. The zero-order chi connectivity index (χ0) is 16.7. The van der Waals surface area contributed by atoms with Gasteiger partial charge in [-0.05, 0) is 69.8 Å². The maximum atomic E-state index is 12.7. The summed E-state index contributed by atoms with van der Waals surface area (Å²) >= 11 is 0. The van der Waals surface area contributed by atoms with E-state index in [9.17, 15) is 9.90 Å². The molecular weight excluding hydrogens is 326 g/mol. The van der Waals surface area contributed by atoms with Crippen LogP contribution in [0.15, 0.2) is 18.2 Å². The van der Waals surface area contributed by atoms with Crippen LogP contribution in [0.3, 0.4) is 0 Å². The lowest BCUT2D eigenvalue weighted by Gasteiger charge is -2.27. The van der Waals surface area contributed by atoms with Gasteiger partial charge in [-0.1, -0.05) is 0 Å². The second-order valence-corrected chi connectivity index (χ2v) is 7.42. The topological polar surface area (TPSA) is 69.8 Å². The first kappa shape index (κ1) is 18.9. The first-order valence-corrected chi connectivity index (χ1v) is 8.39. The number of carbonyl (C=O) groups excluding carboxylic acids is 1. The molecule has 1 aromatic rings. The smallest absolute Gasteiger partial charge is 0.256 e. The molecule has 0 heterocycles. The third-order valence-electron chi connectivity index (χ3n) is 5.83. The second-order valence-electron chi connectivity index (χ2n) is 7.42. The number of anilines is 1. The molecule has 0 saturated heterocycles. The van der Waals surface area contributed by atoms with E-state index in [-0.39, 0.29) is 30.1 Å². The largest absolute Gasteiger partial charge is 0.508 e. The molecule has 0 bridgehead atoms. The van der Waals surface area contributed by atoms with Gasteiger partial charge >= 0.3 is 0 Å². The number of nitrogens with zero attached hydrogens (tertiary/aromatic N) is 2. The first-order valence-electron chi connectivity index (χ1n) is 8.39. The molecule has 5 nitrogen and oxygen atoms in total. The highest BCUT2D eigenvalue weighted by Gasteiger charge is 2.44. The molecule has 3 rings (SSSR count). The van der Waals surface area contributed by atoms with Crippen molar-refractivity contribution in [2.45, 2.75) is 37.8 Å². The Labute approximate surface area is 150 Å². The number of amides is 1. The molecule has 2 aliphatic carbocycles. The summed E-state index contributed by atoms with van der Waals surface area (Å²) in [5.74, 6) is 1.44. The van der Waals surface area contributed by atoms with Gasteiger partial charge in [-0.2, -0.15) is 0 Å². The summed E-state index contributed by atoms with van der Waals surface area (Å²) in [6.07, 6.45) is 4.64. The Balaban J connectivity index is 0.00000208. The van der Waals surface area contributed by atoms with E-state index >= 15 is 0 Å². The van der Waals surface area contributed by atoms with E-state index < -0.39 is 0 Å². The lowest BCUT2D eigenvalue weighted by molar-refractivity contribution is 0.0727. The fraction of sp³-hybridized carbons (Fsp3) is 0.611. The molecule has 24 heavy (non-hydrogen) atoms. The van der Waals surface area contributed by atoms with E-state index in [2.05, 4.69) is 19.0 Å². The highest BCUT2D eigenvalue weighted by atomic mass is 35.5. The minimum atomic E-state index is -0.0902. The number of phenols is 1. The van der Waals surface area contributed by atoms with Crippen molar-refractivity contribution < 1.29 is 9.90 Å². The van der Waals surface area contributed by atoms with Crippen molar-refractivity contribution in [3.8, 4) is 5.75 Å². The van der Waals surface area contributed by atoms with Crippen molar-refractivity contribution in [2.75, 3.05) is 26.9 Å². The van der Waals surface area contributed by atoms with Crippen molar-refractivity contribution >= 4 is 24.0 Å². The van der Waals surface area contributed by atoms with Gasteiger partial charge in [0.15, 0.2) is 0 Å². The normalized spacial score (nSPS) is 28.5. The molecule has 134 valence electrons. The minimum Gasteiger partial charge on any atom is -0.508 e. The molecule has 4 atom stereocenters. The molecule has 0 aromatic heterocycles. The number of phenolic OH excluding ortho intramolecular Hbond substituents is 1. The molecule has 2 aliphatic rings. The van der Waals surface area contributed by atoms with Gasteiger partial charge in [0.05, 0.1) is 5.56 Å². The summed E-state index contributed by atoms with van der Waals surface area (Å²) in [6.45, 7) is 0. The van der Waals surface area contributed by atoms with E-state index in [4.69, 9.17) is 5.73 Å². The van der Waals surface area contributed by atoms with E-state index in [1.165, 1.54) is 25.0 Å². The summed E-state index contributed by atoms with van der Waals surface area (Å²) in [5.41, 5.74) is 6.73. The molecule has 2 saturated carbocycles. The van der Waals surface area contributed by atoms with Crippen LogP contribution >= 0.6 is 12.4 Å². The molecule has 0 aliphatic heterocycles. The molecular formula is C18H28ClN3O2. The summed E-state index contributed by atoms with van der Waals surface area (Å²) in [6, 6.07) is 5.53. The first-order chi connectivity index (χ1) is 10.9. The molecule has 2 unspecified atom stereocenters. The number of fused-ring (bicyclic) bond motifs is 1. The van der Waals surface area contributed by atoms with Gasteiger partial charge in [0, 0.05) is 24.8 Å². The Hall–Kier alpha value is -1.46. The van der Waals surface area contributed by atoms with Crippen molar-refractivity contribution in [3.63, 3.8) is 0 Å². The third kappa shape index (κ3) is 3.47. The van der Waals surface area contributed by atoms with Crippen LogP contribution in [0.1, 0.15) is 36.0 Å². The summed E-state index contributed by atoms with van der Waals surface area (Å²) < 4.78 is 0. The predicted octanol–water partition coefficient (Wildman–Crippen LogP) is 2.59. The molecule has 6 heteroatoms. The number of nitrogen functional groups attached to an aromatic ring is 1. The highest BCUT2D eigenvalue weighted by molar-refractivity contribution is 5.99. The van der Waals surface area contributed by atoms with Crippen LogP contribution in [0.5, 0.6) is 5.75 Å². The van der Waals surface area contributed by atoms with Crippen LogP contribution in [0, 0.1) is 11.8 Å². The molecule has 0 radical (unpaired) electrons. The molecule has 1 amide bonds. The van der Waals surface area contributed by atoms with Crippen molar-refractivity contribution in [1.29, 1.82) is 0 Å². The standard InChI is InChI=1S/C18H27N3O2.ClH/c1-20(2)13-6-11-8-14(9-12(11)7-13)21(3)18(23)16-10-15(22)4-5-17(16)19;/h4-5,10-14,22H,6-9,19H2,1-3H3;1H/t11-,12+,13?,14?;. The van der Waals surface area contributed by atoms with Gasteiger partial charge < -0.3 is 20.6 Å². The van der Waals surface area contributed by atoms with Gasteiger partial charge in [0.25, 0.3) is 5.91 Å². The zero-order valence-electron chi connectivity index (χ0n) is 14.6. The van der Waals surface area contributed by atoms with E-state index in [1.807, 2.05) is 11.9 Å². The van der Waals surface area contributed by atoms with E-state index in [0.29, 0.717) is 17.3 Å². The highest BCUT2D eigenvalue weighted by Crippen LogP contribution is 2.46. The third-order valence-corrected chi connectivity index (χ3v) is 5.83. The SMILES string of the molecule is CN(C)C1C[C@@H]2CC(N(C)C(=O)c3cc(O)ccc3N)C[C@@H]2C1.Cl. The quantitative estimate of drug-likeness (QED) is 0.647. The van der Waals surface area contributed by atoms with Gasteiger partial charge in [-0.15, -0.1) is 12.4 Å². The van der Waals surface area contributed by atoms with Gasteiger partial charge in [0.1, 0.15) is 5.75 Å². The summed E-state index contributed by atoms with van der Waals surface area (Å²) in [5, 5.41) is 9.62. The molecule has 2 fully saturated rings. The van der Waals surface area contributed by atoms with Crippen LogP contribution in [-0.4, -0.2) is 54.0 Å². The van der Waals surface area contributed by atoms with Crippen LogP contribution in [0.2, 0.25) is 0 Å². The Bertz CT molecular complexity index is 594. The van der Waals surface area contributed by atoms with Crippen LogP contribution in [-0.2, 0) is 0 Å². The monoisotopic (exact) mass is 353 g/mol. The van der Waals surface area contributed by atoms with Crippen LogP contribution in [0.4, 0.5) is 5.69 Å². The Morgan fingerprint density at radius 2 is 1.62 bits per heavy atom. The van der Waals surface area contributed by atoms with E-state index in [1.54, 1.807) is 6.07 Å². The van der Waals surface area contributed by atoms with Gasteiger partial charge in [-0.25, -0.2) is 0 Å². The van der Waals surface area contributed by atoms with Crippen LogP contribution < -0.4 is 5.73 Å². The number of hydrogen-bond acceptors (Lipinski definition) is 4. The van der Waals surface area contributed by atoms with Crippen molar-refractivity contribution in [1.82, 2.24) is 9.80 Å². The molecule has 3 N–H and O–H groups in total. The second kappa shape index (κ2) is 7.19. The van der Waals surface area contributed by atoms with Gasteiger partial charge in [-0.3, -0.25) is 4.79 Å². The molecule has 0 spiro atoms. The Morgan fingerprint density at radius 3 is 2.17 bits per heavy atom. The van der Waals surface area contributed by atoms with Gasteiger partial charge in [0.2, 0.25) is 0 Å². The number of benzene rings is 1. The number of aromatic hydroxyl groups is 1. The lowest BCUT2D eigenvalue weighted by atomic mass is 10.0. The Morgan fingerprint density at radius 1 is 1.08 bits per heavy atom. The maximum absolute atomic E-state index is 12.7. The predicted molar refractivity (Wildman–Crippen MR) is 98.6 cm³/mol. The summed E-state index contributed by atoms with van der Waals surface area (Å²) in [4.78, 5) is 16.9. The zero-order valence-corrected chi connectivity index (χ0v) is 15.4. The number of carbonyl (C=O) groups is 1. The number of nitrogens with two attached hydrogens (primary N) is 1. The summed E-state index contributed by atoms with van der Waals surface area (Å²) in [7, 11) is 6.17. The fourth-order valence-corrected chi connectivity index (χ4v) is 4.38. The van der Waals surface area contributed by atoms with Crippen molar-refractivity contribution in [2.24, 2.45) is 11.8 Å². The number of rotatable bonds is 3. The molecule has 1 aromatic carbocycles. The average Bonchev–Trinajstić information content (AvgIpc) is 3.06. The van der Waals surface area contributed by atoms with E-state index in [0.717, 1.165) is 24.7 Å². The maximum Gasteiger partial charge on any atom is 0.256 e. The Kier molecular flexibility index (Phi) is 5.66. The van der Waals surface area contributed by atoms with Crippen LogP contribution in [0.25, 0.3) is 0 Å². The minimum absolute atomic E-state index is 0. The number of halogens is 1. The number of hydrogen-bond donors (Lipinski definition) is 2. The van der Waals surface area contributed by atoms with Crippen molar-refractivity contribution in [3.05, 3.63) is 23.8 Å². The average molecular weight is 354 g/mol.